The van der Waals surface area contributed by atoms with Crippen molar-refractivity contribution in [2.24, 2.45) is 0 Å². The fourth-order valence-electron chi connectivity index (χ4n) is 7.27. The predicted molar refractivity (Wildman–Crippen MR) is 193 cm³/mol. The molecule has 0 spiro atoms. The molecule has 0 atom stereocenters. The first kappa shape index (κ1) is 25.8. The van der Waals surface area contributed by atoms with Crippen molar-refractivity contribution in [3.05, 3.63) is 164 Å². The summed E-state index contributed by atoms with van der Waals surface area (Å²) in [6.07, 6.45) is 3.85. The van der Waals surface area contributed by atoms with E-state index in [0.717, 1.165) is 44.9 Å². The minimum Gasteiger partial charge on any atom is -0.308 e. The third-order valence-electron chi connectivity index (χ3n) is 9.35. The monoisotopic (exact) mass is 601 g/mol. The zero-order valence-electron chi connectivity index (χ0n) is 25.3. The van der Waals surface area contributed by atoms with E-state index in [1.54, 1.807) is 0 Å². The molecule has 5 heteroatoms. The molecule has 0 amide bonds. The Morgan fingerprint density at radius 1 is 0.383 bits per heavy atom. The van der Waals surface area contributed by atoms with Gasteiger partial charge >= 0.3 is 0 Å². The summed E-state index contributed by atoms with van der Waals surface area (Å²) in [6, 6.07) is 53.8. The van der Waals surface area contributed by atoms with Crippen LogP contribution < -0.4 is 0 Å². The lowest BCUT2D eigenvalue weighted by Gasteiger charge is -2.12. The van der Waals surface area contributed by atoms with E-state index in [9.17, 15) is 0 Å². The van der Waals surface area contributed by atoms with Crippen LogP contribution in [0.25, 0.3) is 83.1 Å². The van der Waals surface area contributed by atoms with Gasteiger partial charge in [-0.1, -0.05) is 78.9 Å². The number of hydrogen-bond donors (Lipinski definition) is 0. The SMILES string of the molecule is c1ccc(-n2c(-n3c4ccccc4c4cc(-c5ccc6c(c5)c5ccncc5n6-c5ccccc5)ccc43)nc3ccccc32)cc1. The van der Waals surface area contributed by atoms with Gasteiger partial charge in [-0.25, -0.2) is 4.98 Å². The summed E-state index contributed by atoms with van der Waals surface area (Å²) < 4.78 is 6.88. The molecule has 0 radical (unpaired) electrons. The summed E-state index contributed by atoms with van der Waals surface area (Å²) in [4.78, 5) is 9.70. The van der Waals surface area contributed by atoms with Crippen LogP contribution in [0.4, 0.5) is 0 Å². The molecule has 0 N–H and O–H groups in total. The Hall–Kier alpha value is -6.46. The third-order valence-corrected chi connectivity index (χ3v) is 9.35. The number of hydrogen-bond acceptors (Lipinski definition) is 2. The van der Waals surface area contributed by atoms with Crippen molar-refractivity contribution in [1.29, 1.82) is 0 Å². The van der Waals surface area contributed by atoms with Crippen molar-refractivity contribution in [1.82, 2.24) is 23.7 Å². The van der Waals surface area contributed by atoms with Gasteiger partial charge in [-0.15, -0.1) is 0 Å². The minimum absolute atomic E-state index is 0.875. The topological polar surface area (TPSA) is 40.6 Å². The van der Waals surface area contributed by atoms with Crippen molar-refractivity contribution in [3.63, 3.8) is 0 Å². The van der Waals surface area contributed by atoms with Crippen LogP contribution in [0.5, 0.6) is 0 Å². The first-order valence-electron chi connectivity index (χ1n) is 15.8. The van der Waals surface area contributed by atoms with Crippen molar-refractivity contribution in [2.75, 3.05) is 0 Å². The van der Waals surface area contributed by atoms with Crippen molar-refractivity contribution in [3.8, 4) is 28.5 Å². The molecule has 47 heavy (non-hydrogen) atoms. The van der Waals surface area contributed by atoms with E-state index in [1.807, 2.05) is 12.4 Å². The summed E-state index contributed by atoms with van der Waals surface area (Å²) in [6.45, 7) is 0. The van der Waals surface area contributed by atoms with Gasteiger partial charge in [-0.2, -0.15) is 0 Å². The van der Waals surface area contributed by atoms with E-state index < -0.39 is 0 Å². The maximum absolute atomic E-state index is 5.22. The Balaban J connectivity index is 1.20. The van der Waals surface area contributed by atoms with Gasteiger partial charge in [-0.3, -0.25) is 14.1 Å². The average Bonchev–Trinajstić information content (AvgIpc) is 3.79. The summed E-state index contributed by atoms with van der Waals surface area (Å²) in [5, 5.41) is 4.80. The van der Waals surface area contributed by atoms with E-state index in [0.29, 0.717) is 0 Å². The van der Waals surface area contributed by atoms with E-state index in [4.69, 9.17) is 4.98 Å². The molecule has 0 saturated heterocycles. The Kier molecular flexibility index (Phi) is 5.51. The van der Waals surface area contributed by atoms with Gasteiger partial charge in [0.2, 0.25) is 5.95 Å². The highest BCUT2D eigenvalue weighted by Crippen LogP contribution is 2.38. The van der Waals surface area contributed by atoms with Gasteiger partial charge in [0, 0.05) is 39.1 Å². The number of pyridine rings is 1. The first-order chi connectivity index (χ1) is 23.3. The number of aromatic nitrogens is 5. The molecule has 0 aliphatic carbocycles. The molecule has 0 aliphatic rings. The molecular formula is C42H27N5. The molecule has 4 aromatic heterocycles. The van der Waals surface area contributed by atoms with Crippen LogP contribution >= 0.6 is 0 Å². The average molecular weight is 602 g/mol. The van der Waals surface area contributed by atoms with Crippen LogP contribution in [0.1, 0.15) is 0 Å². The number of rotatable bonds is 4. The number of para-hydroxylation sites is 5. The first-order valence-corrected chi connectivity index (χ1v) is 15.8. The van der Waals surface area contributed by atoms with E-state index in [1.165, 1.54) is 38.2 Å². The Morgan fingerprint density at radius 2 is 0.936 bits per heavy atom. The van der Waals surface area contributed by atoms with Crippen LogP contribution in [-0.4, -0.2) is 23.7 Å². The maximum Gasteiger partial charge on any atom is 0.220 e. The molecule has 10 rings (SSSR count). The van der Waals surface area contributed by atoms with Crippen LogP contribution in [0.3, 0.4) is 0 Å². The normalized spacial score (nSPS) is 11.8. The van der Waals surface area contributed by atoms with E-state index in [2.05, 4.69) is 170 Å². The van der Waals surface area contributed by atoms with Gasteiger partial charge in [0.1, 0.15) is 0 Å². The summed E-state index contributed by atoms with van der Waals surface area (Å²) in [5.74, 6) is 0.875. The highest BCUT2D eigenvalue weighted by molar-refractivity contribution is 6.12. The quantitative estimate of drug-likeness (QED) is 0.201. The molecule has 5 nitrogen and oxygen atoms in total. The Bertz CT molecular complexity index is 2780. The zero-order valence-corrected chi connectivity index (χ0v) is 25.3. The molecule has 0 unspecified atom stereocenters. The number of nitrogens with zero attached hydrogens (tertiary/aromatic N) is 5. The number of fused-ring (bicyclic) bond motifs is 7. The lowest BCUT2D eigenvalue weighted by Crippen LogP contribution is -2.05. The second-order valence-electron chi connectivity index (χ2n) is 12.0. The number of benzene rings is 6. The molecule has 0 fully saturated rings. The molecule has 0 bridgehead atoms. The van der Waals surface area contributed by atoms with Gasteiger partial charge < -0.3 is 4.57 Å². The highest BCUT2D eigenvalue weighted by atomic mass is 15.2. The van der Waals surface area contributed by atoms with Crippen LogP contribution in [-0.2, 0) is 0 Å². The van der Waals surface area contributed by atoms with Crippen molar-refractivity contribution < 1.29 is 0 Å². The molecular weight excluding hydrogens is 574 g/mol. The van der Waals surface area contributed by atoms with Gasteiger partial charge in [0.25, 0.3) is 0 Å². The van der Waals surface area contributed by atoms with Gasteiger partial charge in [-0.05, 0) is 83.9 Å². The fraction of sp³-hybridized carbons (Fsp3) is 0. The van der Waals surface area contributed by atoms with E-state index in [-0.39, 0.29) is 0 Å². The standard InChI is InChI=1S/C42H27N5/c1-3-11-30(12-4-1)45-38-21-19-28(26-35(38)33-23-24-43-27-41(33)45)29-20-22-39-34(25-29)32-15-7-9-17-37(32)47(39)42-44-36-16-8-10-18-40(36)46(42)31-13-5-2-6-14-31/h1-27H. The summed E-state index contributed by atoms with van der Waals surface area (Å²) >= 11 is 0. The molecule has 4 heterocycles. The smallest absolute Gasteiger partial charge is 0.220 e. The van der Waals surface area contributed by atoms with Crippen LogP contribution in [0, 0.1) is 0 Å². The van der Waals surface area contributed by atoms with Gasteiger partial charge in [0.15, 0.2) is 0 Å². The lowest BCUT2D eigenvalue weighted by atomic mass is 10.0. The molecule has 6 aromatic carbocycles. The van der Waals surface area contributed by atoms with Crippen LogP contribution in [0.2, 0.25) is 0 Å². The summed E-state index contributed by atoms with van der Waals surface area (Å²) in [7, 11) is 0. The van der Waals surface area contributed by atoms with Crippen molar-refractivity contribution >= 4 is 54.6 Å². The second kappa shape index (κ2) is 10.0. The maximum atomic E-state index is 5.22. The fourth-order valence-corrected chi connectivity index (χ4v) is 7.27. The zero-order chi connectivity index (χ0) is 30.9. The van der Waals surface area contributed by atoms with Gasteiger partial charge in [0.05, 0.1) is 39.3 Å². The molecule has 0 aliphatic heterocycles. The Labute approximate surface area is 270 Å². The highest BCUT2D eigenvalue weighted by Gasteiger charge is 2.20. The van der Waals surface area contributed by atoms with E-state index >= 15 is 0 Å². The molecule has 220 valence electrons. The van der Waals surface area contributed by atoms with Crippen molar-refractivity contribution in [2.45, 2.75) is 0 Å². The molecule has 10 aromatic rings. The number of imidazole rings is 1. The minimum atomic E-state index is 0.875. The summed E-state index contributed by atoms with van der Waals surface area (Å²) in [5.41, 5.74) is 11.1. The lowest BCUT2D eigenvalue weighted by molar-refractivity contribution is 0.956. The predicted octanol–water partition coefficient (Wildman–Crippen LogP) is 10.3. The van der Waals surface area contributed by atoms with Crippen LogP contribution in [0.15, 0.2) is 164 Å². The second-order valence-corrected chi connectivity index (χ2v) is 12.0. The molecule has 0 saturated carbocycles. The Morgan fingerprint density at radius 3 is 1.66 bits per heavy atom. The largest absolute Gasteiger partial charge is 0.308 e. The third kappa shape index (κ3) is 3.83.